The zero-order chi connectivity index (χ0) is 22.2. The number of anilines is 1. The Balaban J connectivity index is 1.36. The lowest BCUT2D eigenvalue weighted by molar-refractivity contribution is -0.0175. The lowest BCUT2D eigenvalue weighted by Crippen LogP contribution is -2.65. The Labute approximate surface area is 184 Å². The number of aromatic hydroxyl groups is 1. The van der Waals surface area contributed by atoms with Crippen LogP contribution < -0.4 is 15.8 Å². The van der Waals surface area contributed by atoms with Gasteiger partial charge in [0, 0.05) is 30.9 Å². The molecule has 0 saturated carbocycles. The number of fused-ring (bicyclic) bond motifs is 2. The number of H-pyrrole nitrogens is 1. The van der Waals surface area contributed by atoms with Crippen LogP contribution >= 0.6 is 0 Å². The van der Waals surface area contributed by atoms with Crippen molar-refractivity contribution in [3.8, 4) is 28.1 Å². The number of alkyl halides is 1. The Morgan fingerprint density at radius 3 is 2.75 bits per heavy atom. The van der Waals surface area contributed by atoms with Gasteiger partial charge in [0.05, 0.1) is 43.4 Å². The van der Waals surface area contributed by atoms with E-state index >= 15 is 0 Å². The average molecular weight is 437 g/mol. The van der Waals surface area contributed by atoms with Crippen molar-refractivity contribution in [3.05, 3.63) is 59.3 Å². The van der Waals surface area contributed by atoms with E-state index in [0.717, 1.165) is 5.56 Å². The van der Waals surface area contributed by atoms with Gasteiger partial charge in [-0.3, -0.25) is 9.78 Å². The van der Waals surface area contributed by atoms with Gasteiger partial charge < -0.3 is 25.0 Å². The van der Waals surface area contributed by atoms with Gasteiger partial charge in [0.25, 0.3) is 0 Å². The highest BCUT2D eigenvalue weighted by Gasteiger charge is 2.42. The standard InChI is InChI=1S/C23H24FN5O3/c1-29(19-8-15-11-32-12-18(28-15)23(19)24)21-10-26-17(9-27-21)16-3-2-13(6-20(16)30)14-4-5-25-22(31)7-14/h2-7,9-10,15,18-19,23,28,30H,8,11-12H2,1H3,(H,25,31)/t15?,18?,19-,23+/m0/s1. The van der Waals surface area contributed by atoms with Crippen LogP contribution in [0.1, 0.15) is 6.42 Å². The zero-order valence-electron chi connectivity index (χ0n) is 17.5. The molecule has 2 saturated heterocycles. The molecular formula is C23H24FN5O3. The number of aromatic amines is 1. The number of nitrogens with zero attached hydrogens (tertiary/aromatic N) is 3. The van der Waals surface area contributed by atoms with E-state index in [1.165, 1.54) is 6.07 Å². The first-order valence-corrected chi connectivity index (χ1v) is 10.5. The van der Waals surface area contributed by atoms with Crippen molar-refractivity contribution >= 4 is 5.82 Å². The first-order valence-electron chi connectivity index (χ1n) is 10.5. The smallest absolute Gasteiger partial charge is 0.248 e. The van der Waals surface area contributed by atoms with Crippen molar-refractivity contribution in [1.29, 1.82) is 0 Å². The van der Waals surface area contributed by atoms with Crippen molar-refractivity contribution in [3.63, 3.8) is 0 Å². The van der Waals surface area contributed by atoms with Crippen LogP contribution in [0.4, 0.5) is 10.2 Å². The number of hydrogen-bond donors (Lipinski definition) is 3. The number of ether oxygens (including phenoxy) is 1. The molecule has 8 nitrogen and oxygen atoms in total. The van der Waals surface area contributed by atoms with Gasteiger partial charge in [0.1, 0.15) is 17.7 Å². The maximum Gasteiger partial charge on any atom is 0.248 e. The van der Waals surface area contributed by atoms with Gasteiger partial charge in [-0.05, 0) is 35.7 Å². The van der Waals surface area contributed by atoms with E-state index in [-0.39, 0.29) is 29.4 Å². The molecule has 2 aliphatic heterocycles. The third kappa shape index (κ3) is 3.85. The fourth-order valence-electron chi connectivity index (χ4n) is 4.48. The van der Waals surface area contributed by atoms with Gasteiger partial charge >= 0.3 is 0 Å². The molecule has 9 heteroatoms. The summed E-state index contributed by atoms with van der Waals surface area (Å²) >= 11 is 0. The molecule has 2 aliphatic rings. The van der Waals surface area contributed by atoms with Crippen molar-refractivity contribution in [2.45, 2.75) is 30.7 Å². The quantitative estimate of drug-likeness (QED) is 0.574. The fraction of sp³-hybridized carbons (Fsp3) is 0.348. The van der Waals surface area contributed by atoms with Crippen LogP contribution in [0.15, 0.2) is 53.7 Å². The molecule has 32 heavy (non-hydrogen) atoms. The number of piperidine rings is 1. The molecule has 2 bridgehead atoms. The monoisotopic (exact) mass is 437 g/mol. The molecular weight excluding hydrogens is 413 g/mol. The van der Waals surface area contributed by atoms with Gasteiger partial charge in [0.2, 0.25) is 5.56 Å². The minimum Gasteiger partial charge on any atom is -0.507 e. The van der Waals surface area contributed by atoms with Gasteiger partial charge in [0.15, 0.2) is 0 Å². The summed E-state index contributed by atoms with van der Waals surface area (Å²) in [6.45, 7) is 0.962. The lowest BCUT2D eigenvalue weighted by Gasteiger charge is -2.45. The van der Waals surface area contributed by atoms with E-state index in [9.17, 15) is 14.3 Å². The zero-order valence-corrected chi connectivity index (χ0v) is 17.5. The highest BCUT2D eigenvalue weighted by atomic mass is 19.1. The van der Waals surface area contributed by atoms with Crippen molar-refractivity contribution in [2.24, 2.45) is 0 Å². The van der Waals surface area contributed by atoms with Crippen LogP contribution in [0.5, 0.6) is 5.75 Å². The molecule has 2 fully saturated rings. The van der Waals surface area contributed by atoms with Crippen molar-refractivity contribution < 1.29 is 14.2 Å². The van der Waals surface area contributed by atoms with Crippen molar-refractivity contribution in [1.82, 2.24) is 20.3 Å². The molecule has 0 spiro atoms. The van der Waals surface area contributed by atoms with Gasteiger partial charge in [-0.15, -0.1) is 0 Å². The summed E-state index contributed by atoms with van der Waals surface area (Å²) in [5.41, 5.74) is 2.24. The lowest BCUT2D eigenvalue weighted by atomic mass is 9.90. The second-order valence-electron chi connectivity index (χ2n) is 8.30. The number of pyridine rings is 1. The highest BCUT2D eigenvalue weighted by Crippen LogP contribution is 2.33. The Morgan fingerprint density at radius 1 is 1.16 bits per heavy atom. The second-order valence-corrected chi connectivity index (χ2v) is 8.30. The van der Waals surface area contributed by atoms with Crippen LogP contribution in [0.25, 0.3) is 22.4 Å². The highest BCUT2D eigenvalue weighted by molar-refractivity contribution is 5.74. The van der Waals surface area contributed by atoms with Crippen LogP contribution in [0.3, 0.4) is 0 Å². The molecule has 3 aromatic rings. The number of hydrogen-bond acceptors (Lipinski definition) is 7. The normalized spacial score (nSPS) is 24.8. The molecule has 1 aromatic carbocycles. The maximum absolute atomic E-state index is 15.0. The minimum absolute atomic E-state index is 0.0354. The molecule has 3 N–H and O–H groups in total. The van der Waals surface area contributed by atoms with E-state index < -0.39 is 6.17 Å². The van der Waals surface area contributed by atoms with Crippen molar-refractivity contribution in [2.75, 3.05) is 25.2 Å². The SMILES string of the molecule is CN(c1cnc(-c2ccc(-c3cc[nH]c(=O)c3)cc2O)cn1)[C@H]1CC2COCC(N2)[C@H]1F. The number of nitrogens with one attached hydrogen (secondary N) is 2. The Kier molecular flexibility index (Phi) is 5.36. The summed E-state index contributed by atoms with van der Waals surface area (Å²) in [4.78, 5) is 24.9. The third-order valence-corrected chi connectivity index (χ3v) is 6.22. The Morgan fingerprint density at radius 2 is 2.00 bits per heavy atom. The summed E-state index contributed by atoms with van der Waals surface area (Å²) in [5.74, 6) is 0.607. The molecule has 166 valence electrons. The summed E-state index contributed by atoms with van der Waals surface area (Å²) in [7, 11) is 1.83. The van der Waals surface area contributed by atoms with Gasteiger partial charge in [-0.2, -0.15) is 0 Å². The molecule has 0 amide bonds. The Hall–Kier alpha value is -3.30. The topological polar surface area (TPSA) is 103 Å². The van der Waals surface area contributed by atoms with Gasteiger partial charge in [-0.1, -0.05) is 6.07 Å². The number of halogens is 1. The molecule has 4 atom stereocenters. The number of morpholine rings is 1. The number of benzene rings is 1. The molecule has 2 aromatic heterocycles. The summed E-state index contributed by atoms with van der Waals surface area (Å²) < 4.78 is 20.4. The Bertz CT molecular complexity index is 1170. The molecule has 0 aliphatic carbocycles. The number of phenolic OH excluding ortho intramolecular Hbond substituents is 1. The first-order chi connectivity index (χ1) is 15.5. The number of aromatic nitrogens is 3. The maximum atomic E-state index is 15.0. The van der Waals surface area contributed by atoms with Crippen LogP contribution in [0, 0.1) is 0 Å². The van der Waals surface area contributed by atoms with E-state index in [1.54, 1.807) is 36.8 Å². The molecule has 5 rings (SSSR count). The second kappa shape index (κ2) is 8.33. The van der Waals surface area contributed by atoms with Crippen LogP contribution in [0.2, 0.25) is 0 Å². The third-order valence-electron chi connectivity index (χ3n) is 6.22. The molecule has 0 radical (unpaired) electrons. The number of rotatable bonds is 4. The fourth-order valence-corrected chi connectivity index (χ4v) is 4.48. The summed E-state index contributed by atoms with van der Waals surface area (Å²) in [6.07, 6.45) is 4.29. The first kappa shape index (κ1) is 20.6. The summed E-state index contributed by atoms with van der Waals surface area (Å²) in [5, 5.41) is 13.8. The molecule has 2 unspecified atom stereocenters. The van der Waals surface area contributed by atoms with E-state index in [2.05, 4.69) is 20.3 Å². The predicted octanol–water partition coefficient (Wildman–Crippen LogP) is 2.11. The van der Waals surface area contributed by atoms with E-state index in [0.29, 0.717) is 42.3 Å². The minimum atomic E-state index is -1.07. The number of phenols is 1. The van der Waals surface area contributed by atoms with Gasteiger partial charge in [-0.25, -0.2) is 9.37 Å². The average Bonchev–Trinajstić information content (AvgIpc) is 2.81. The molecule has 4 heterocycles. The van der Waals surface area contributed by atoms with E-state index in [1.807, 2.05) is 18.0 Å². The van der Waals surface area contributed by atoms with Crippen LogP contribution in [-0.4, -0.2) is 64.6 Å². The largest absolute Gasteiger partial charge is 0.507 e. The van der Waals surface area contributed by atoms with E-state index in [4.69, 9.17) is 4.74 Å². The predicted molar refractivity (Wildman–Crippen MR) is 118 cm³/mol. The summed E-state index contributed by atoms with van der Waals surface area (Å²) in [6, 6.07) is 7.90. The van der Waals surface area contributed by atoms with Crippen LogP contribution in [-0.2, 0) is 4.74 Å².